The summed E-state index contributed by atoms with van der Waals surface area (Å²) in [5.74, 6) is 0. The largest absolute Gasteiger partial charge is 0 e. The zero-order chi connectivity index (χ0) is 2.00. The van der Waals surface area contributed by atoms with Gasteiger partial charge in [-0.25, -0.2) is 0 Å². The minimum Gasteiger partial charge on any atom is 0 e. The first-order valence-electron chi connectivity index (χ1n) is 0.289. The smallest absolute Gasteiger partial charge is 0 e. The Morgan fingerprint density at radius 1 is 1.20 bits per heavy atom. The van der Waals surface area contributed by atoms with Crippen molar-refractivity contribution in [2.45, 2.75) is 0 Å². The molecule has 0 aromatic heterocycles. The van der Waals surface area contributed by atoms with E-state index in [2.05, 4.69) is 0 Å². The summed E-state index contributed by atoms with van der Waals surface area (Å²) < 4.78 is 8.38. The Hall–Kier alpha value is 2.38. The molecule has 1 nitrogen and oxygen atoms in total. The molecule has 0 saturated carbocycles. The van der Waals surface area contributed by atoms with Gasteiger partial charge in [-0.2, -0.15) is 0 Å². The molecule has 0 spiro atoms. The SMILES string of the molecule is [Cu].[O]=[GaH].[SnH4].[Zn]. The van der Waals surface area contributed by atoms with Crippen molar-refractivity contribution in [1.82, 2.24) is 0 Å². The van der Waals surface area contributed by atoms with Crippen LogP contribution in [0.1, 0.15) is 0 Å². The van der Waals surface area contributed by atoms with Gasteiger partial charge in [-0.15, -0.1) is 0 Å². The van der Waals surface area contributed by atoms with Crippen LogP contribution in [-0.2, 0) is 40.1 Å². The summed E-state index contributed by atoms with van der Waals surface area (Å²) in [4.78, 5) is 0. The topological polar surface area (TPSA) is 17.1 Å². The van der Waals surface area contributed by atoms with Gasteiger partial charge in [0, 0.05) is 36.5 Å². The van der Waals surface area contributed by atoms with Gasteiger partial charge in [0.25, 0.3) is 0 Å². The molecule has 0 rings (SSSR count). The maximum Gasteiger partial charge on any atom is 0 e. The third kappa shape index (κ3) is 21.6. The van der Waals surface area contributed by atoms with Crippen LogP contribution in [0.5, 0.6) is 0 Å². The minimum atomic E-state index is 0. The van der Waals surface area contributed by atoms with Crippen LogP contribution in [0.4, 0.5) is 0 Å². The molecule has 0 bridgehead atoms. The molecule has 0 heterocycles. The predicted octanol–water partition coefficient (Wildman–Crippen LogP) is -2.22. The summed E-state index contributed by atoms with van der Waals surface area (Å²) >= 11 is 0.125. The second kappa shape index (κ2) is 32.6. The van der Waals surface area contributed by atoms with Gasteiger partial charge in [-0.1, -0.05) is 0 Å². The first-order valence-corrected chi connectivity index (χ1v) is 1.50. The van der Waals surface area contributed by atoms with E-state index in [9.17, 15) is 0 Å². The summed E-state index contributed by atoms with van der Waals surface area (Å²) in [7, 11) is 0. The summed E-state index contributed by atoms with van der Waals surface area (Å²) in [5.41, 5.74) is 0. The summed E-state index contributed by atoms with van der Waals surface area (Å²) in [6, 6.07) is 0. The van der Waals surface area contributed by atoms with Gasteiger partial charge in [-0.3, -0.25) is 0 Å². The molecule has 0 aliphatic carbocycles. The summed E-state index contributed by atoms with van der Waals surface area (Å²) in [6.45, 7) is 0. The number of hydrogen-bond acceptors (Lipinski definition) is 1. The van der Waals surface area contributed by atoms with Gasteiger partial charge in [0.05, 0.1) is 0 Å². The van der Waals surface area contributed by atoms with Crippen LogP contribution in [0, 0.1) is 0 Å². The molecule has 1 radical (unpaired) electrons. The van der Waals surface area contributed by atoms with Gasteiger partial charge in [-0.05, 0) is 0 Å². The van der Waals surface area contributed by atoms with E-state index in [4.69, 9.17) is 3.54 Å². The molecule has 0 saturated heterocycles. The van der Waals surface area contributed by atoms with Crippen LogP contribution in [0.25, 0.3) is 0 Å². The van der Waals surface area contributed by atoms with Gasteiger partial charge in [0.15, 0.2) is 0 Å². The van der Waals surface area contributed by atoms with Crippen molar-refractivity contribution >= 4 is 42.5 Å². The van der Waals surface area contributed by atoms with E-state index in [1.54, 1.807) is 0 Å². The van der Waals surface area contributed by atoms with Crippen molar-refractivity contribution in [3.05, 3.63) is 0 Å². The van der Waals surface area contributed by atoms with Crippen molar-refractivity contribution in [1.29, 1.82) is 0 Å². The van der Waals surface area contributed by atoms with E-state index in [1.165, 1.54) is 0 Å². The fourth-order valence-electron chi connectivity index (χ4n) is 0. The van der Waals surface area contributed by atoms with Gasteiger partial charge in [0.1, 0.15) is 0 Å². The Balaban J connectivity index is -0.00000000167. The molecule has 5 heavy (non-hydrogen) atoms. The Morgan fingerprint density at radius 3 is 1.20 bits per heavy atom. The van der Waals surface area contributed by atoms with Crippen molar-refractivity contribution in [2.24, 2.45) is 0 Å². The van der Waals surface area contributed by atoms with Gasteiger partial charge >= 0.3 is 46.0 Å². The number of rotatable bonds is 0. The van der Waals surface area contributed by atoms with Crippen LogP contribution in [0.2, 0.25) is 0 Å². The van der Waals surface area contributed by atoms with E-state index >= 15 is 0 Å². The van der Waals surface area contributed by atoms with Crippen LogP contribution in [0.15, 0.2) is 0 Å². The fourth-order valence-corrected chi connectivity index (χ4v) is 0. The summed E-state index contributed by atoms with van der Waals surface area (Å²) in [5, 5.41) is 0. The van der Waals surface area contributed by atoms with Gasteiger partial charge < -0.3 is 0 Å². The Morgan fingerprint density at radius 2 is 1.20 bits per heavy atom. The average Bonchev–Trinajstić information content (AvgIpc) is 1.00. The molecular formula is H5CuGaOSnZn. The van der Waals surface area contributed by atoms with E-state index in [0.29, 0.717) is 0 Å². The van der Waals surface area contributed by atoms with Crippen LogP contribution >= 0.6 is 0 Å². The Labute approximate surface area is 81.4 Å². The zero-order valence-electron chi connectivity index (χ0n) is 2.12. The van der Waals surface area contributed by atoms with Gasteiger partial charge in [0.2, 0.25) is 0 Å². The van der Waals surface area contributed by atoms with Crippen molar-refractivity contribution in [2.75, 3.05) is 0 Å². The van der Waals surface area contributed by atoms with Crippen molar-refractivity contribution < 1.29 is 40.1 Å². The maximum absolute atomic E-state index is 8.38. The van der Waals surface area contributed by atoms with Crippen molar-refractivity contribution in [3.8, 4) is 0 Å². The van der Waals surface area contributed by atoms with Crippen LogP contribution in [0.3, 0.4) is 0 Å². The third-order valence-corrected chi connectivity index (χ3v) is 0. The predicted molar refractivity (Wildman–Crippen MR) is 19.2 cm³/mol. The molecule has 0 aromatic rings. The normalized spacial score (nSPS) is 0.600. The molecule has 5 heteroatoms. The third-order valence-electron chi connectivity index (χ3n) is 0. The fraction of sp³-hybridized carbons (Fsp3) is 0. The molecule has 0 atom stereocenters. The molecule has 0 fully saturated rings. The molecular weight excluding hydrogens is 333 g/mol. The van der Waals surface area contributed by atoms with E-state index in [1.807, 2.05) is 0 Å². The van der Waals surface area contributed by atoms with E-state index < -0.39 is 0 Å². The molecule has 0 aliphatic rings. The molecule has 0 unspecified atom stereocenters. The second-order valence-corrected chi connectivity index (χ2v) is 0. The minimum absolute atomic E-state index is 0. The second-order valence-electron chi connectivity index (χ2n) is 0. The Bertz CT molecular complexity index is 11.6. The van der Waals surface area contributed by atoms with Crippen molar-refractivity contribution in [3.63, 3.8) is 0 Å². The monoisotopic (exact) mass is 337 g/mol. The molecule has 0 aliphatic heterocycles. The van der Waals surface area contributed by atoms with E-state index in [0.717, 1.165) is 0 Å². The summed E-state index contributed by atoms with van der Waals surface area (Å²) in [6.07, 6.45) is 0. The standard InChI is InChI=1S/Cu.Ga.O.Sn.Zn.5H. The quantitative estimate of drug-likeness (QED) is 0.457. The number of hydrogen-bond donors (Lipinski definition) is 0. The zero-order valence-corrected chi connectivity index (χ0v) is 9.00. The molecule has 0 N–H and O–H groups in total. The van der Waals surface area contributed by atoms with Crippen LogP contribution < -0.4 is 0 Å². The Kier molecular flexibility index (Phi) is 172. The van der Waals surface area contributed by atoms with E-state index in [-0.39, 0.29) is 79.0 Å². The molecule has 0 amide bonds. The maximum atomic E-state index is 8.38. The first-order chi connectivity index (χ1) is 1.00. The first kappa shape index (κ1) is 26.3. The molecule has 31 valence electrons. The molecule has 0 aromatic carbocycles. The van der Waals surface area contributed by atoms with Crippen LogP contribution in [-0.4, -0.2) is 42.5 Å². The average molecular weight is 338 g/mol.